The lowest BCUT2D eigenvalue weighted by atomic mass is 9.88. The molecule has 26 atom stereocenters. The van der Waals surface area contributed by atoms with Crippen molar-refractivity contribution >= 4 is 136 Å². The predicted octanol–water partition coefficient (Wildman–Crippen LogP) is -15.4. The van der Waals surface area contributed by atoms with Crippen LogP contribution in [-0.4, -0.2) is 440 Å². The van der Waals surface area contributed by atoms with Gasteiger partial charge in [-0.15, -0.1) is 0 Å². The minimum absolute atomic E-state index is 0.0187. The van der Waals surface area contributed by atoms with E-state index in [4.69, 9.17) is 10.8 Å². The van der Waals surface area contributed by atoms with Crippen LogP contribution in [0.25, 0.3) is 0 Å². The topological polar surface area (TPSA) is 959 Å². The van der Waals surface area contributed by atoms with E-state index in [0.29, 0.717) is 11.4 Å². The Morgan fingerprint density at radius 1 is 0.390 bits per heavy atom. The second-order valence-electron chi connectivity index (χ2n) is 32.3. The summed E-state index contributed by atoms with van der Waals surface area (Å²) in [6.45, 7) is -8.22. The smallest absolute Gasteiger partial charge is 0.326 e. The molecule has 0 saturated carbocycles. The molecule has 0 radical (unpaired) electrons. The fourth-order valence-electron chi connectivity index (χ4n) is 13.3. The Balaban J connectivity index is 2.21. The molecule has 0 saturated heterocycles. The number of aliphatic carboxylic acids is 4. The number of carbonyl (C=O) groups excluding carboxylic acids is 13. The predicted molar refractivity (Wildman–Crippen MR) is 463 cm³/mol. The van der Waals surface area contributed by atoms with Crippen molar-refractivity contribution in [2.24, 2.45) is 44.4 Å². The van der Waals surface area contributed by atoms with Crippen molar-refractivity contribution in [3.05, 3.63) is 29.8 Å². The van der Waals surface area contributed by atoms with Gasteiger partial charge in [-0.05, 0) is 69.2 Å². The first kappa shape index (κ1) is 119. The van der Waals surface area contributed by atoms with Gasteiger partial charge < -0.3 is 176 Å². The molecule has 136 heavy (non-hydrogen) atoms. The molecule has 2 heterocycles. The number of benzene rings is 1. The molecular weight excluding hydrogens is 1850 g/mol. The van der Waals surface area contributed by atoms with Crippen molar-refractivity contribution < 1.29 is 204 Å². The lowest BCUT2D eigenvalue weighted by Crippen LogP contribution is -2.52. The summed E-state index contributed by atoms with van der Waals surface area (Å²) in [5.74, 6) is -30.0. The van der Waals surface area contributed by atoms with E-state index >= 15 is 14.4 Å². The van der Waals surface area contributed by atoms with Crippen LogP contribution in [0.3, 0.4) is 0 Å². The quantitative estimate of drug-likeness (QED) is 0.0269. The Hall–Kier alpha value is -10.8. The average molecular weight is 1970 g/mol. The fourth-order valence-corrected chi connectivity index (χ4v) is 13.5. The van der Waals surface area contributed by atoms with Crippen molar-refractivity contribution in [1.82, 2.24) is 47.9 Å². The molecule has 3 rings (SSSR count). The van der Waals surface area contributed by atoms with Gasteiger partial charge in [0, 0.05) is 138 Å². The second kappa shape index (κ2) is 60.7. The number of Topliss-reactive ketones (excluding diaryl/α,β-unsaturated/α-hetero) is 4. The number of fused-ring (bicyclic) bond motifs is 1. The summed E-state index contributed by atoms with van der Waals surface area (Å²) in [7, 11) is 0. The number of amides is 9. The number of thiol groups is 1. The van der Waals surface area contributed by atoms with Gasteiger partial charge in [0.25, 0.3) is 11.8 Å². The zero-order chi connectivity index (χ0) is 103. The van der Waals surface area contributed by atoms with E-state index in [-0.39, 0.29) is 18.1 Å². The summed E-state index contributed by atoms with van der Waals surface area (Å²) in [5, 5.41) is 264. The molecule has 55 nitrogen and oxygen atoms in total. The van der Waals surface area contributed by atoms with Crippen molar-refractivity contribution in [2.75, 3.05) is 70.2 Å². The van der Waals surface area contributed by atoms with Gasteiger partial charge in [-0.25, -0.2) is 9.79 Å². The number of carboxylic acid groups (broad SMARTS) is 4. The Labute approximate surface area is 779 Å². The highest BCUT2D eigenvalue weighted by molar-refractivity contribution is 7.80. The Morgan fingerprint density at radius 2 is 0.713 bits per heavy atom. The number of hydrogen-bond acceptors (Lipinski definition) is 43. The second-order valence-corrected chi connectivity index (χ2v) is 32.6. The molecule has 766 valence electrons. The summed E-state index contributed by atoms with van der Waals surface area (Å²) >= 11 is 3.95. The first-order chi connectivity index (χ1) is 63.9. The van der Waals surface area contributed by atoms with Gasteiger partial charge in [0.2, 0.25) is 41.4 Å². The maximum atomic E-state index is 15.2. The summed E-state index contributed by atoms with van der Waals surface area (Å²) in [4.78, 5) is 245. The zero-order valence-corrected chi connectivity index (χ0v) is 74.1. The summed E-state index contributed by atoms with van der Waals surface area (Å²) in [6, 6.07) is -3.75. The lowest BCUT2D eigenvalue weighted by Gasteiger charge is -2.27. The first-order valence-corrected chi connectivity index (χ1v) is 43.3. The van der Waals surface area contributed by atoms with Crippen LogP contribution in [0.5, 0.6) is 0 Å². The molecule has 1 aromatic rings. The number of rotatable bonds is 70. The lowest BCUT2D eigenvalue weighted by molar-refractivity contribution is -0.143. The Morgan fingerprint density at radius 3 is 1.06 bits per heavy atom. The largest absolute Gasteiger partial charge is 0.481 e. The van der Waals surface area contributed by atoms with Gasteiger partial charge in [0.1, 0.15) is 85.1 Å². The minimum Gasteiger partial charge on any atom is -0.481 e. The van der Waals surface area contributed by atoms with Crippen molar-refractivity contribution in [3.63, 3.8) is 0 Å². The number of guanidine groups is 1. The summed E-state index contributed by atoms with van der Waals surface area (Å²) in [5.41, 5.74) is 6.22. The molecule has 2 aliphatic rings. The van der Waals surface area contributed by atoms with Gasteiger partial charge in [-0.1, -0.05) is 0 Å². The van der Waals surface area contributed by atoms with Crippen LogP contribution in [0, 0.1) is 23.7 Å². The van der Waals surface area contributed by atoms with Gasteiger partial charge in [0.15, 0.2) is 35.5 Å². The number of anilines is 1. The third kappa shape index (κ3) is 41.6. The van der Waals surface area contributed by atoms with Crippen LogP contribution in [0.15, 0.2) is 39.2 Å². The highest BCUT2D eigenvalue weighted by Gasteiger charge is 2.41. The monoisotopic (exact) mass is 1970 g/mol. The maximum absolute atomic E-state index is 15.2. The van der Waals surface area contributed by atoms with E-state index < -0.39 is 432 Å². The highest BCUT2D eigenvalue weighted by atomic mass is 32.1. The molecule has 36 N–H and O–H groups in total. The van der Waals surface area contributed by atoms with E-state index in [1.165, 1.54) is 30.5 Å². The number of aliphatic imine (C=N–C) groups is 3. The SMILES string of the molecule is NC1=NC2N=CC(CNc3ccc(C(=O)N[C@@H](CCC(=O)C[C@@H](CCC(=O)NC[C@H](O)[C@@H](O)[C@H](O)[C@H](O)CO)C(=O)N[C@@H](CCC(=O)O)C(=O)C[C@@H](CCC(=O)NC[C@H](O)[C@@H](O)[C@H](O)[C@H](O)CO)C(=O)N[C@@H](CCC(=O)NC[C@H](O)[C@@H](O)[C@H](O)[C@H](O)CO)C(=O)C[C@@H](CCC(=O)O)C(=O)N[C@@H](CCC(=O)NC[C@H](O)[C@@H](O)[C@H](O)[C@H](O)CO)C(=O)C[C@@H](CS)C(=O)O)C(=O)O)cc3)=NC2C(=O)N1. The summed E-state index contributed by atoms with van der Waals surface area (Å²) < 4.78 is 0. The third-order valence-corrected chi connectivity index (χ3v) is 22.2. The molecule has 2 aliphatic heterocycles. The maximum Gasteiger partial charge on any atom is 0.326 e. The molecule has 56 heteroatoms. The number of ketones is 4. The minimum atomic E-state index is -2.29. The number of carbonyl (C=O) groups is 17. The fraction of sp³-hybridized carbons (Fsp3) is 0.675. The van der Waals surface area contributed by atoms with Crippen LogP contribution in [0.4, 0.5) is 5.69 Å². The molecule has 0 aliphatic carbocycles. The van der Waals surface area contributed by atoms with Crippen molar-refractivity contribution in [1.29, 1.82) is 0 Å². The van der Waals surface area contributed by atoms with Crippen LogP contribution in [-0.2, 0) is 76.7 Å². The van der Waals surface area contributed by atoms with Crippen molar-refractivity contribution in [3.8, 4) is 0 Å². The Kier molecular flexibility index (Phi) is 53.3. The summed E-state index contributed by atoms with van der Waals surface area (Å²) in [6.07, 6.45) is -50.7. The van der Waals surface area contributed by atoms with Crippen LogP contribution < -0.4 is 58.9 Å². The number of nitrogens with one attached hydrogen (secondary N) is 10. The number of aliphatic hydroxyl groups excluding tert-OH is 20. The molecule has 9 amide bonds. The van der Waals surface area contributed by atoms with E-state index in [1.54, 1.807) is 0 Å². The number of hydrogen-bond donors (Lipinski definition) is 36. The van der Waals surface area contributed by atoms with Crippen LogP contribution in [0.1, 0.15) is 126 Å². The standard InChI is InChI=1S/C80H124N14O41S/c81-80-93-72-63(77(131)94-80)88-40(24-87-72)23-82-39-6-1-34(2-7-39)73(127)92-45(79(134)135)9-8-41(99)19-35(3-13-57(111)83-25-49(103)64(119)68(123)53(107)29-95)74(128)91-44(12-18-62(117)118)47(101)20-36(4-14-58(112)84-26-50(104)65(120)69(124)54(108)30-96)75(129)89-42(10-15-59(113)85-27-51(105)66(121)70(125)55(109)31-97)46(100)21-37(5-17-61(115)116)76(130)90-43(48(102)22-38(33-136)78(132)133)11-16-60(114)86-28-52(106)67(122)71(126)56(110)32-98/h1-2,6-7,24,35-38,42-45,49-56,63-72,82,95-98,103-110,119-126,136H,3-5,8-23,25-33H2,(H,83,111)(H,84,112)(H,85,113)(H,86,114)(H,89,129)(H,90,130)(H,91,128)(H,92,127)(H,115,116)(H,117,118)(H,132,133)(H,134,135)(H3,81,93,94,131)/t35-,36-,37-,38+,42+,43+,44+,45+,49+,50+,51+,52+,53-,54-,55-,56-,63?,64-,65-,66-,67-,68-,69-,70-,71-,72?/m1/s1. The molecule has 2 unspecified atom stereocenters. The zero-order valence-electron chi connectivity index (χ0n) is 73.2. The van der Waals surface area contributed by atoms with Crippen LogP contribution in [0.2, 0.25) is 0 Å². The van der Waals surface area contributed by atoms with Gasteiger partial charge in [0.05, 0.1) is 87.1 Å². The number of aliphatic hydroxyl groups is 20. The van der Waals surface area contributed by atoms with Gasteiger partial charge in [-0.2, -0.15) is 12.6 Å². The molecule has 0 fully saturated rings. The van der Waals surface area contributed by atoms with E-state index in [9.17, 15) is 185 Å². The van der Waals surface area contributed by atoms with Gasteiger partial charge in [-0.3, -0.25) is 92.0 Å². The van der Waals surface area contributed by atoms with E-state index in [2.05, 4.69) is 80.8 Å². The molecule has 0 aromatic heterocycles. The van der Waals surface area contributed by atoms with Crippen molar-refractivity contribution in [2.45, 2.75) is 250 Å². The molecule has 0 bridgehead atoms. The third-order valence-electron chi connectivity index (χ3n) is 21.8. The van der Waals surface area contributed by atoms with Gasteiger partial charge >= 0.3 is 23.9 Å². The number of carboxylic acids is 4. The number of nitrogens with two attached hydrogens (primary N) is 1. The Bertz CT molecular complexity index is 4250. The average Bonchev–Trinajstić information content (AvgIpc) is 0.808. The molecule has 1 aromatic carbocycles. The van der Waals surface area contributed by atoms with E-state index in [0.717, 1.165) is 0 Å². The molecular formula is C80H124N14O41S. The highest BCUT2D eigenvalue weighted by Crippen LogP contribution is 2.25. The van der Waals surface area contributed by atoms with Crippen LogP contribution >= 0.6 is 12.6 Å². The first-order valence-electron chi connectivity index (χ1n) is 42.7. The molecule has 0 spiro atoms. The number of nitrogens with zero attached hydrogens (tertiary/aromatic N) is 3. The van der Waals surface area contributed by atoms with E-state index in [1.807, 2.05) is 0 Å². The normalized spacial score (nSPS) is 18.9.